The van der Waals surface area contributed by atoms with Crippen LogP contribution in [0.25, 0.3) is 11.3 Å². The van der Waals surface area contributed by atoms with E-state index in [0.29, 0.717) is 25.1 Å². The lowest BCUT2D eigenvalue weighted by Crippen LogP contribution is -2.49. The normalized spacial score (nSPS) is 20.8. The predicted molar refractivity (Wildman–Crippen MR) is 87.0 cm³/mol. The first-order valence-corrected chi connectivity index (χ1v) is 7.95. The van der Waals surface area contributed by atoms with Crippen LogP contribution in [0.2, 0.25) is 0 Å². The highest BCUT2D eigenvalue weighted by Crippen LogP contribution is 2.29. The third-order valence-electron chi connectivity index (χ3n) is 4.47. The summed E-state index contributed by atoms with van der Waals surface area (Å²) < 4.78 is 1.50. The standard InChI is InChI=1S/C17H20N4O3/c1-17(16(23)24)8-5-9-20(12-17)15(22)11-21-10-14(18-19-21)13-6-3-2-4-7-13/h2-4,6-7,10H,5,8-9,11-12H2,1H3,(H,23,24). The molecule has 1 N–H and O–H groups in total. The Kier molecular flexibility index (Phi) is 4.33. The summed E-state index contributed by atoms with van der Waals surface area (Å²) in [5.74, 6) is -0.987. The first kappa shape index (κ1) is 16.2. The van der Waals surface area contributed by atoms with E-state index in [1.165, 1.54) is 4.68 Å². The Labute approximate surface area is 139 Å². The highest BCUT2D eigenvalue weighted by atomic mass is 16.4. The Balaban J connectivity index is 1.67. The number of aromatic nitrogens is 3. The molecule has 24 heavy (non-hydrogen) atoms. The van der Waals surface area contributed by atoms with Crippen molar-refractivity contribution in [2.24, 2.45) is 5.41 Å². The van der Waals surface area contributed by atoms with Crippen molar-refractivity contribution in [2.75, 3.05) is 13.1 Å². The van der Waals surface area contributed by atoms with Gasteiger partial charge < -0.3 is 10.0 Å². The summed E-state index contributed by atoms with van der Waals surface area (Å²) in [6.07, 6.45) is 3.02. The Hall–Kier alpha value is -2.70. The summed E-state index contributed by atoms with van der Waals surface area (Å²) in [7, 11) is 0. The summed E-state index contributed by atoms with van der Waals surface area (Å²) in [5, 5.41) is 17.4. The minimum atomic E-state index is -0.870. The molecule has 0 bridgehead atoms. The number of nitrogens with zero attached hydrogens (tertiary/aromatic N) is 4. The van der Waals surface area contributed by atoms with E-state index < -0.39 is 11.4 Å². The molecule has 1 unspecified atom stereocenters. The molecule has 0 radical (unpaired) electrons. The molecule has 1 aliphatic rings. The number of hydrogen-bond acceptors (Lipinski definition) is 4. The van der Waals surface area contributed by atoms with Gasteiger partial charge in [0, 0.05) is 18.7 Å². The zero-order valence-electron chi connectivity index (χ0n) is 13.6. The maximum atomic E-state index is 12.5. The SMILES string of the molecule is CC1(C(=O)O)CCCN(C(=O)Cn2cc(-c3ccccc3)nn2)C1. The summed E-state index contributed by atoms with van der Waals surface area (Å²) >= 11 is 0. The molecule has 1 aliphatic heterocycles. The second-order valence-electron chi connectivity index (χ2n) is 6.45. The Morgan fingerprint density at radius 3 is 2.75 bits per heavy atom. The molecule has 7 nitrogen and oxygen atoms in total. The monoisotopic (exact) mass is 328 g/mol. The van der Waals surface area contributed by atoms with Gasteiger partial charge in [-0.1, -0.05) is 35.5 Å². The maximum absolute atomic E-state index is 12.5. The molecule has 3 rings (SSSR count). The molecule has 1 saturated heterocycles. The predicted octanol–water partition coefficient (Wildman–Crippen LogP) is 1.66. The molecular formula is C17H20N4O3. The van der Waals surface area contributed by atoms with Gasteiger partial charge in [0.15, 0.2) is 0 Å². The van der Waals surface area contributed by atoms with Crippen LogP contribution in [0.3, 0.4) is 0 Å². The van der Waals surface area contributed by atoms with Gasteiger partial charge in [-0.05, 0) is 19.8 Å². The van der Waals surface area contributed by atoms with Gasteiger partial charge in [-0.2, -0.15) is 0 Å². The van der Waals surface area contributed by atoms with E-state index in [2.05, 4.69) is 10.3 Å². The van der Waals surface area contributed by atoms with Crippen LogP contribution in [0, 0.1) is 5.41 Å². The van der Waals surface area contributed by atoms with Crippen LogP contribution in [-0.4, -0.2) is 50.0 Å². The molecule has 1 aromatic heterocycles. The van der Waals surface area contributed by atoms with Crippen LogP contribution >= 0.6 is 0 Å². The lowest BCUT2D eigenvalue weighted by Gasteiger charge is -2.37. The van der Waals surface area contributed by atoms with Gasteiger partial charge in [-0.25, -0.2) is 4.68 Å². The number of rotatable bonds is 4. The van der Waals surface area contributed by atoms with Crippen LogP contribution in [0.1, 0.15) is 19.8 Å². The van der Waals surface area contributed by atoms with Crippen LogP contribution < -0.4 is 0 Å². The molecule has 1 amide bonds. The van der Waals surface area contributed by atoms with Crippen molar-refractivity contribution < 1.29 is 14.7 Å². The third kappa shape index (κ3) is 3.29. The van der Waals surface area contributed by atoms with E-state index >= 15 is 0 Å². The summed E-state index contributed by atoms with van der Waals surface area (Å²) in [5.41, 5.74) is 0.774. The van der Waals surface area contributed by atoms with Crippen molar-refractivity contribution in [2.45, 2.75) is 26.3 Å². The number of piperidine rings is 1. The van der Waals surface area contributed by atoms with Gasteiger partial charge in [0.1, 0.15) is 12.2 Å². The molecule has 2 heterocycles. The van der Waals surface area contributed by atoms with Gasteiger partial charge in [0.05, 0.1) is 11.6 Å². The fourth-order valence-electron chi connectivity index (χ4n) is 2.98. The first-order valence-electron chi connectivity index (χ1n) is 7.95. The first-order chi connectivity index (χ1) is 11.5. The smallest absolute Gasteiger partial charge is 0.311 e. The van der Waals surface area contributed by atoms with E-state index in [4.69, 9.17) is 0 Å². The third-order valence-corrected chi connectivity index (χ3v) is 4.47. The molecule has 0 aliphatic carbocycles. The van der Waals surface area contributed by atoms with E-state index in [-0.39, 0.29) is 19.0 Å². The zero-order valence-corrected chi connectivity index (χ0v) is 13.6. The van der Waals surface area contributed by atoms with Crippen molar-refractivity contribution in [1.82, 2.24) is 19.9 Å². The quantitative estimate of drug-likeness (QED) is 0.922. The number of aliphatic carboxylic acids is 1. The maximum Gasteiger partial charge on any atom is 0.311 e. The van der Waals surface area contributed by atoms with Gasteiger partial charge in [-0.15, -0.1) is 5.10 Å². The van der Waals surface area contributed by atoms with Crippen molar-refractivity contribution in [3.63, 3.8) is 0 Å². The van der Waals surface area contributed by atoms with Crippen LogP contribution in [0.4, 0.5) is 0 Å². The largest absolute Gasteiger partial charge is 0.481 e. The Morgan fingerprint density at radius 1 is 1.29 bits per heavy atom. The number of benzene rings is 1. The summed E-state index contributed by atoms with van der Waals surface area (Å²) in [6, 6.07) is 9.62. The van der Waals surface area contributed by atoms with Crippen molar-refractivity contribution >= 4 is 11.9 Å². The molecule has 1 fully saturated rings. The van der Waals surface area contributed by atoms with Crippen molar-refractivity contribution in [1.29, 1.82) is 0 Å². The van der Waals surface area contributed by atoms with Crippen LogP contribution in [0.15, 0.2) is 36.5 Å². The van der Waals surface area contributed by atoms with E-state index in [1.807, 2.05) is 30.3 Å². The second kappa shape index (κ2) is 6.43. The van der Waals surface area contributed by atoms with E-state index in [0.717, 1.165) is 5.56 Å². The number of hydrogen-bond donors (Lipinski definition) is 1. The highest BCUT2D eigenvalue weighted by Gasteiger charge is 2.39. The van der Waals surface area contributed by atoms with Crippen LogP contribution in [-0.2, 0) is 16.1 Å². The topological polar surface area (TPSA) is 88.3 Å². The Bertz CT molecular complexity index is 743. The van der Waals surface area contributed by atoms with Crippen molar-refractivity contribution in [3.8, 4) is 11.3 Å². The number of carboxylic acid groups (broad SMARTS) is 1. The van der Waals surface area contributed by atoms with Gasteiger partial charge in [-0.3, -0.25) is 9.59 Å². The average Bonchev–Trinajstić information content (AvgIpc) is 3.04. The molecule has 7 heteroatoms. The number of carbonyl (C=O) groups excluding carboxylic acids is 1. The minimum absolute atomic E-state index is 0.0650. The molecule has 0 spiro atoms. The molecule has 2 aromatic rings. The number of carbonyl (C=O) groups is 2. The van der Waals surface area contributed by atoms with Gasteiger partial charge in [0.25, 0.3) is 0 Å². The lowest BCUT2D eigenvalue weighted by atomic mass is 9.82. The lowest BCUT2D eigenvalue weighted by molar-refractivity contribution is -0.153. The Morgan fingerprint density at radius 2 is 2.04 bits per heavy atom. The van der Waals surface area contributed by atoms with Gasteiger partial charge in [0.2, 0.25) is 5.91 Å². The molecule has 1 atom stereocenters. The zero-order chi connectivity index (χ0) is 17.2. The van der Waals surface area contributed by atoms with Crippen LogP contribution in [0.5, 0.6) is 0 Å². The fourth-order valence-corrected chi connectivity index (χ4v) is 2.98. The molecule has 126 valence electrons. The van der Waals surface area contributed by atoms with Gasteiger partial charge >= 0.3 is 5.97 Å². The van der Waals surface area contributed by atoms with Crippen molar-refractivity contribution in [3.05, 3.63) is 36.5 Å². The molecular weight excluding hydrogens is 308 g/mol. The fraction of sp³-hybridized carbons (Fsp3) is 0.412. The molecule has 0 saturated carbocycles. The highest BCUT2D eigenvalue weighted by molar-refractivity contribution is 5.79. The number of carboxylic acids is 1. The number of amides is 1. The van der Waals surface area contributed by atoms with E-state index in [9.17, 15) is 14.7 Å². The number of likely N-dealkylation sites (tertiary alicyclic amines) is 1. The summed E-state index contributed by atoms with van der Waals surface area (Å²) in [4.78, 5) is 25.5. The average molecular weight is 328 g/mol. The minimum Gasteiger partial charge on any atom is -0.481 e. The second-order valence-corrected chi connectivity index (χ2v) is 6.45. The summed E-state index contributed by atoms with van der Waals surface area (Å²) in [6.45, 7) is 2.58. The molecule has 1 aromatic carbocycles. The van der Waals surface area contributed by atoms with E-state index in [1.54, 1.807) is 18.0 Å².